The summed E-state index contributed by atoms with van der Waals surface area (Å²) in [6.45, 7) is 3.23. The predicted octanol–water partition coefficient (Wildman–Crippen LogP) is 2.46. The van der Waals surface area contributed by atoms with Gasteiger partial charge in [-0.05, 0) is 42.2 Å². The van der Waals surface area contributed by atoms with Gasteiger partial charge in [0.05, 0.1) is 18.7 Å². The second-order valence-electron chi connectivity index (χ2n) is 7.40. The summed E-state index contributed by atoms with van der Waals surface area (Å²) in [7, 11) is 0. The Morgan fingerprint density at radius 2 is 1.97 bits per heavy atom. The highest BCUT2D eigenvalue weighted by Crippen LogP contribution is 2.21. The lowest BCUT2D eigenvalue weighted by atomic mass is 9.91. The third kappa shape index (κ3) is 5.60. The normalized spacial score (nSPS) is 18.9. The summed E-state index contributed by atoms with van der Waals surface area (Å²) in [4.78, 5) is 37.6. The van der Waals surface area contributed by atoms with Crippen LogP contribution >= 0.6 is 0 Å². The molecule has 1 saturated heterocycles. The number of likely N-dealkylation sites (tertiary alicyclic amines) is 1. The maximum absolute atomic E-state index is 12.5. The average molecular weight is 399 g/mol. The highest BCUT2D eigenvalue weighted by Gasteiger charge is 2.31. The van der Waals surface area contributed by atoms with Crippen LogP contribution in [0.1, 0.15) is 35.0 Å². The number of benzene rings is 1. The molecule has 8 heteroatoms. The second kappa shape index (κ2) is 9.27. The standard InChI is InChI=1S/C21H25N3O5/c1-14-8-17(20(26)27)13-24(12-14)21(28)23-10-15-4-2-5-16(9-15)19(25)22-11-18-6-3-7-29-18/h2-7,9,14,17H,8,10-13H2,1H3,(H,22,25)(H,23,28)(H,26,27). The molecule has 0 spiro atoms. The molecule has 8 nitrogen and oxygen atoms in total. The Labute approximate surface area is 168 Å². The first-order valence-corrected chi connectivity index (χ1v) is 9.57. The number of nitrogens with one attached hydrogen (secondary N) is 2. The summed E-state index contributed by atoms with van der Waals surface area (Å²) < 4.78 is 5.19. The number of urea groups is 1. The van der Waals surface area contributed by atoms with Gasteiger partial charge in [-0.15, -0.1) is 0 Å². The Bertz CT molecular complexity index is 865. The van der Waals surface area contributed by atoms with Crippen LogP contribution < -0.4 is 10.6 Å². The van der Waals surface area contributed by atoms with E-state index < -0.39 is 11.9 Å². The summed E-state index contributed by atoms with van der Waals surface area (Å²) in [5.74, 6) is -0.842. The summed E-state index contributed by atoms with van der Waals surface area (Å²) in [5, 5.41) is 14.8. The van der Waals surface area contributed by atoms with Gasteiger partial charge in [-0.3, -0.25) is 9.59 Å². The zero-order chi connectivity index (χ0) is 20.8. The molecule has 29 heavy (non-hydrogen) atoms. The monoisotopic (exact) mass is 399 g/mol. The molecule has 3 amide bonds. The zero-order valence-corrected chi connectivity index (χ0v) is 16.3. The molecule has 0 bridgehead atoms. The molecule has 2 atom stereocenters. The van der Waals surface area contributed by atoms with E-state index in [0.717, 1.165) is 5.56 Å². The molecular formula is C21H25N3O5. The Morgan fingerprint density at radius 1 is 1.14 bits per heavy atom. The summed E-state index contributed by atoms with van der Waals surface area (Å²) in [6.07, 6.45) is 2.13. The first-order valence-electron chi connectivity index (χ1n) is 9.57. The number of piperidine rings is 1. The van der Waals surface area contributed by atoms with Crippen LogP contribution in [0.3, 0.4) is 0 Å². The number of carboxylic acid groups (broad SMARTS) is 1. The summed E-state index contributed by atoms with van der Waals surface area (Å²) in [5.41, 5.74) is 1.27. The lowest BCUT2D eigenvalue weighted by molar-refractivity contribution is -0.143. The van der Waals surface area contributed by atoms with Crippen LogP contribution in [0.4, 0.5) is 4.79 Å². The minimum atomic E-state index is -0.873. The average Bonchev–Trinajstić information content (AvgIpc) is 3.23. The lowest BCUT2D eigenvalue weighted by Crippen LogP contribution is -2.49. The van der Waals surface area contributed by atoms with Gasteiger partial charge in [0.15, 0.2) is 0 Å². The zero-order valence-electron chi connectivity index (χ0n) is 16.3. The minimum Gasteiger partial charge on any atom is -0.481 e. The fourth-order valence-electron chi connectivity index (χ4n) is 3.49. The van der Waals surface area contributed by atoms with Gasteiger partial charge in [0.25, 0.3) is 5.91 Å². The topological polar surface area (TPSA) is 112 Å². The molecule has 0 aliphatic carbocycles. The van der Waals surface area contributed by atoms with Crippen molar-refractivity contribution in [3.05, 3.63) is 59.5 Å². The van der Waals surface area contributed by atoms with Crippen LogP contribution in [0.2, 0.25) is 0 Å². The fourth-order valence-corrected chi connectivity index (χ4v) is 3.49. The minimum absolute atomic E-state index is 0.136. The van der Waals surface area contributed by atoms with Crippen molar-refractivity contribution in [2.75, 3.05) is 13.1 Å². The first-order chi connectivity index (χ1) is 13.9. The van der Waals surface area contributed by atoms with E-state index in [4.69, 9.17) is 4.42 Å². The molecule has 1 aliphatic heterocycles. The van der Waals surface area contributed by atoms with Crippen molar-refractivity contribution in [2.24, 2.45) is 11.8 Å². The van der Waals surface area contributed by atoms with Gasteiger partial charge in [-0.1, -0.05) is 19.1 Å². The number of amides is 3. The molecule has 0 radical (unpaired) electrons. The van der Waals surface area contributed by atoms with Gasteiger partial charge in [0, 0.05) is 25.2 Å². The van der Waals surface area contributed by atoms with Crippen LogP contribution in [0, 0.1) is 11.8 Å². The Morgan fingerprint density at radius 3 is 2.69 bits per heavy atom. The van der Waals surface area contributed by atoms with Crippen molar-refractivity contribution in [1.29, 1.82) is 0 Å². The van der Waals surface area contributed by atoms with Crippen molar-refractivity contribution in [2.45, 2.75) is 26.4 Å². The number of rotatable bonds is 6. The first kappa shape index (κ1) is 20.4. The molecule has 0 saturated carbocycles. The summed E-state index contributed by atoms with van der Waals surface area (Å²) >= 11 is 0. The van der Waals surface area contributed by atoms with Crippen molar-refractivity contribution < 1.29 is 23.9 Å². The second-order valence-corrected chi connectivity index (χ2v) is 7.40. The lowest BCUT2D eigenvalue weighted by Gasteiger charge is -2.34. The Balaban J connectivity index is 1.53. The number of carbonyl (C=O) groups is 3. The van der Waals surface area contributed by atoms with E-state index in [1.54, 1.807) is 41.5 Å². The number of hydrogen-bond donors (Lipinski definition) is 3. The largest absolute Gasteiger partial charge is 0.481 e. The smallest absolute Gasteiger partial charge is 0.317 e. The molecule has 2 heterocycles. The number of hydrogen-bond acceptors (Lipinski definition) is 4. The van der Waals surface area contributed by atoms with E-state index in [9.17, 15) is 19.5 Å². The molecule has 1 aliphatic rings. The van der Waals surface area contributed by atoms with E-state index in [1.165, 1.54) is 0 Å². The molecule has 2 aromatic rings. The highest BCUT2D eigenvalue weighted by molar-refractivity contribution is 5.94. The molecule has 1 fully saturated rings. The molecule has 2 unspecified atom stereocenters. The predicted molar refractivity (Wildman–Crippen MR) is 105 cm³/mol. The van der Waals surface area contributed by atoms with Crippen LogP contribution in [-0.4, -0.2) is 41.0 Å². The van der Waals surface area contributed by atoms with E-state index in [2.05, 4.69) is 10.6 Å². The van der Waals surface area contributed by atoms with E-state index in [1.807, 2.05) is 13.0 Å². The third-order valence-electron chi connectivity index (χ3n) is 4.93. The maximum Gasteiger partial charge on any atom is 0.317 e. The SMILES string of the molecule is CC1CC(C(=O)O)CN(C(=O)NCc2cccc(C(=O)NCc3ccco3)c2)C1. The van der Waals surface area contributed by atoms with Gasteiger partial charge >= 0.3 is 12.0 Å². The van der Waals surface area contributed by atoms with Crippen molar-refractivity contribution in [3.63, 3.8) is 0 Å². The van der Waals surface area contributed by atoms with Crippen LogP contribution in [0.15, 0.2) is 47.1 Å². The fraction of sp³-hybridized carbons (Fsp3) is 0.381. The van der Waals surface area contributed by atoms with Gasteiger partial charge < -0.3 is 25.1 Å². The molecule has 3 rings (SSSR count). The van der Waals surface area contributed by atoms with Gasteiger partial charge in [-0.25, -0.2) is 4.79 Å². The van der Waals surface area contributed by atoms with E-state index >= 15 is 0 Å². The van der Waals surface area contributed by atoms with Crippen molar-refractivity contribution in [3.8, 4) is 0 Å². The van der Waals surface area contributed by atoms with Gasteiger partial charge in [0.1, 0.15) is 5.76 Å². The molecule has 1 aromatic heterocycles. The molecule has 3 N–H and O–H groups in total. The number of aliphatic carboxylic acids is 1. The number of carbonyl (C=O) groups excluding carboxylic acids is 2. The van der Waals surface area contributed by atoms with Crippen molar-refractivity contribution >= 4 is 17.9 Å². The quantitative estimate of drug-likeness (QED) is 0.691. The van der Waals surface area contributed by atoms with Crippen molar-refractivity contribution in [1.82, 2.24) is 15.5 Å². The van der Waals surface area contributed by atoms with Gasteiger partial charge in [-0.2, -0.15) is 0 Å². The van der Waals surface area contributed by atoms with E-state index in [-0.39, 0.29) is 30.9 Å². The number of nitrogens with zero attached hydrogens (tertiary/aromatic N) is 1. The molecule has 154 valence electrons. The van der Waals surface area contributed by atoms with E-state index in [0.29, 0.717) is 30.8 Å². The van der Waals surface area contributed by atoms with Crippen LogP contribution in [0.5, 0.6) is 0 Å². The van der Waals surface area contributed by atoms with Gasteiger partial charge in [0.2, 0.25) is 0 Å². The maximum atomic E-state index is 12.5. The Hall–Kier alpha value is -3.29. The van der Waals surface area contributed by atoms with Crippen LogP contribution in [-0.2, 0) is 17.9 Å². The third-order valence-corrected chi connectivity index (χ3v) is 4.93. The number of furan rings is 1. The van der Waals surface area contributed by atoms with Crippen LogP contribution in [0.25, 0.3) is 0 Å². The Kier molecular flexibility index (Phi) is 6.54. The molecular weight excluding hydrogens is 374 g/mol. The summed E-state index contributed by atoms with van der Waals surface area (Å²) in [6, 6.07) is 10.2. The number of carboxylic acids is 1. The molecule has 1 aromatic carbocycles. The highest BCUT2D eigenvalue weighted by atomic mass is 16.4.